The van der Waals surface area contributed by atoms with Crippen LogP contribution in [0.25, 0.3) is 0 Å². The molecule has 2 nitrogen and oxygen atoms in total. The number of hydrogen-bond acceptors (Lipinski definition) is 2. The second-order valence-corrected chi connectivity index (χ2v) is 2.59. The summed E-state index contributed by atoms with van der Waals surface area (Å²) in [6.45, 7) is 0. The fraction of sp³-hybridized carbons (Fsp3) is 0.250. The maximum absolute atomic E-state index is 10.4. The Balaban J connectivity index is 2.87. The van der Waals surface area contributed by atoms with Crippen LogP contribution in [0.1, 0.15) is 0 Å². The van der Waals surface area contributed by atoms with Crippen molar-refractivity contribution >= 4 is 40.8 Å². The molecule has 0 spiro atoms. The molecule has 1 aliphatic heterocycles. The number of alkyl halides is 1. The Hall–Kier alpha value is 0.0800. The highest BCUT2D eigenvalue weighted by Crippen LogP contribution is 2.30. The van der Waals surface area contributed by atoms with E-state index < -0.39 is 11.3 Å². The monoisotopic (exact) mass is 186 g/mol. The predicted molar refractivity (Wildman–Crippen MR) is 34.5 cm³/mol. The van der Waals surface area contributed by atoms with Gasteiger partial charge in [-0.05, 0) is 11.6 Å². The molecular weight excluding hydrogens is 186 g/mol. The summed E-state index contributed by atoms with van der Waals surface area (Å²) in [6, 6.07) is 0. The van der Waals surface area contributed by atoms with Gasteiger partial charge in [-0.25, -0.2) is 4.79 Å². The van der Waals surface area contributed by atoms with Crippen molar-refractivity contribution in [2.45, 2.75) is 5.38 Å². The van der Waals surface area contributed by atoms with E-state index in [-0.39, 0.29) is 10.3 Å². The highest BCUT2D eigenvalue weighted by Gasteiger charge is 2.32. The smallest absolute Gasteiger partial charge is 0.336 e. The van der Waals surface area contributed by atoms with Gasteiger partial charge < -0.3 is 4.74 Å². The Morgan fingerprint density at radius 2 is 2.00 bits per heavy atom. The molecule has 0 amide bonds. The molecule has 50 valence electrons. The molecule has 0 aromatic carbocycles. The second kappa shape index (κ2) is 2.37. The Labute approximate surface area is 66.3 Å². The molecule has 0 fully saturated rings. The molecule has 1 heterocycles. The van der Waals surface area contributed by atoms with Crippen LogP contribution in [-0.2, 0) is 9.53 Å². The summed E-state index contributed by atoms with van der Waals surface area (Å²) in [6.07, 6.45) is 0. The summed E-state index contributed by atoms with van der Waals surface area (Å²) in [7, 11) is 0. The van der Waals surface area contributed by atoms with Gasteiger partial charge in [-0.2, -0.15) is 0 Å². The fourth-order valence-electron chi connectivity index (χ4n) is 0.392. The molecule has 5 heteroatoms. The third-order valence-electron chi connectivity index (χ3n) is 0.807. The molecule has 0 aromatic heterocycles. The molecule has 0 saturated heterocycles. The van der Waals surface area contributed by atoms with Gasteiger partial charge in [0.25, 0.3) is 0 Å². The minimum Gasteiger partial charge on any atom is -0.411 e. The maximum atomic E-state index is 10.4. The zero-order valence-electron chi connectivity index (χ0n) is 4.03. The van der Waals surface area contributed by atoms with Crippen molar-refractivity contribution in [3.05, 3.63) is 10.3 Å². The molecular formula is C4HCl3O2. The van der Waals surface area contributed by atoms with Gasteiger partial charge in [0.1, 0.15) is 5.03 Å². The van der Waals surface area contributed by atoms with E-state index in [0.717, 1.165) is 0 Å². The largest absolute Gasteiger partial charge is 0.411 e. The lowest BCUT2D eigenvalue weighted by atomic mass is 10.4. The van der Waals surface area contributed by atoms with Crippen LogP contribution < -0.4 is 0 Å². The normalized spacial score (nSPS) is 27.0. The van der Waals surface area contributed by atoms with E-state index in [1.807, 2.05) is 0 Å². The Kier molecular flexibility index (Phi) is 1.89. The van der Waals surface area contributed by atoms with Crippen LogP contribution in [0, 0.1) is 0 Å². The average molecular weight is 187 g/mol. The van der Waals surface area contributed by atoms with Gasteiger partial charge in [0.2, 0.25) is 5.22 Å². The predicted octanol–water partition coefficient (Wildman–Crippen LogP) is 1.80. The van der Waals surface area contributed by atoms with E-state index in [1.54, 1.807) is 0 Å². The van der Waals surface area contributed by atoms with Crippen molar-refractivity contribution in [2.24, 2.45) is 0 Å². The second-order valence-electron chi connectivity index (χ2n) is 1.41. The van der Waals surface area contributed by atoms with Crippen LogP contribution in [0.15, 0.2) is 10.3 Å². The summed E-state index contributed by atoms with van der Waals surface area (Å²) in [5.41, 5.74) is 0. The summed E-state index contributed by atoms with van der Waals surface area (Å²) in [5, 5.41) is -0.982. The first-order valence-electron chi connectivity index (χ1n) is 2.04. The fourth-order valence-corrected chi connectivity index (χ4v) is 0.904. The van der Waals surface area contributed by atoms with Gasteiger partial charge >= 0.3 is 5.97 Å². The number of carbonyl (C=O) groups excluding carboxylic acids is 1. The molecule has 1 atom stereocenters. The molecule has 1 aliphatic rings. The van der Waals surface area contributed by atoms with E-state index in [2.05, 4.69) is 4.74 Å². The minimum absolute atomic E-state index is 0.0586. The van der Waals surface area contributed by atoms with Gasteiger partial charge in [-0.1, -0.05) is 11.6 Å². The highest BCUT2D eigenvalue weighted by molar-refractivity contribution is 6.48. The van der Waals surface area contributed by atoms with E-state index in [4.69, 9.17) is 34.8 Å². The van der Waals surface area contributed by atoms with E-state index >= 15 is 0 Å². The molecule has 9 heavy (non-hydrogen) atoms. The summed E-state index contributed by atoms with van der Waals surface area (Å²) in [5.74, 6) is -0.619. The zero-order valence-corrected chi connectivity index (χ0v) is 6.30. The Bertz CT molecular complexity index is 186. The lowest BCUT2D eigenvalue weighted by Crippen LogP contribution is -2.07. The zero-order chi connectivity index (χ0) is 7.02. The van der Waals surface area contributed by atoms with Crippen LogP contribution in [0.4, 0.5) is 0 Å². The maximum Gasteiger partial charge on any atom is 0.336 e. The van der Waals surface area contributed by atoms with Crippen LogP contribution in [0.5, 0.6) is 0 Å². The van der Waals surface area contributed by atoms with Gasteiger partial charge in [-0.15, -0.1) is 11.6 Å². The van der Waals surface area contributed by atoms with Gasteiger partial charge in [0.05, 0.1) is 0 Å². The van der Waals surface area contributed by atoms with Crippen molar-refractivity contribution in [1.82, 2.24) is 0 Å². The standard InChI is InChI=1S/C4HCl3O2/c5-1-2(6)4(8)9-3(1)7/h2H. The number of esters is 1. The molecule has 1 rings (SSSR count). The van der Waals surface area contributed by atoms with Crippen LogP contribution in [0.2, 0.25) is 0 Å². The Morgan fingerprint density at radius 3 is 2.11 bits per heavy atom. The molecule has 0 saturated carbocycles. The first kappa shape index (κ1) is 7.19. The number of halogens is 3. The molecule has 0 bridgehead atoms. The van der Waals surface area contributed by atoms with E-state index in [0.29, 0.717) is 0 Å². The molecule has 0 radical (unpaired) electrons. The number of rotatable bonds is 0. The molecule has 1 unspecified atom stereocenters. The molecule has 0 N–H and O–H groups in total. The topological polar surface area (TPSA) is 26.3 Å². The third-order valence-corrected chi connectivity index (χ3v) is 2.08. The average Bonchev–Trinajstić information content (AvgIpc) is 1.98. The third kappa shape index (κ3) is 1.16. The number of cyclic esters (lactones) is 1. The van der Waals surface area contributed by atoms with Crippen LogP contribution >= 0.6 is 34.8 Å². The first-order chi connectivity index (χ1) is 4.13. The first-order valence-corrected chi connectivity index (χ1v) is 3.23. The highest BCUT2D eigenvalue weighted by atomic mass is 35.5. The Morgan fingerprint density at radius 1 is 1.44 bits per heavy atom. The lowest BCUT2D eigenvalue weighted by molar-refractivity contribution is -0.135. The van der Waals surface area contributed by atoms with Crippen molar-refractivity contribution < 1.29 is 9.53 Å². The van der Waals surface area contributed by atoms with Crippen molar-refractivity contribution in [1.29, 1.82) is 0 Å². The van der Waals surface area contributed by atoms with Gasteiger partial charge in [0.15, 0.2) is 5.38 Å². The van der Waals surface area contributed by atoms with Crippen molar-refractivity contribution in [2.75, 3.05) is 0 Å². The summed E-state index contributed by atoms with van der Waals surface area (Å²) in [4.78, 5) is 10.4. The molecule has 0 aromatic rings. The minimum atomic E-state index is -0.917. The van der Waals surface area contributed by atoms with E-state index in [1.165, 1.54) is 0 Å². The SMILES string of the molecule is O=C1OC(Cl)=C(Cl)C1Cl. The van der Waals surface area contributed by atoms with Crippen LogP contribution in [0.3, 0.4) is 0 Å². The van der Waals surface area contributed by atoms with Gasteiger partial charge in [0, 0.05) is 0 Å². The molecule has 0 aliphatic carbocycles. The number of ether oxygens (including phenoxy) is 1. The summed E-state index contributed by atoms with van der Waals surface area (Å²) >= 11 is 16.0. The van der Waals surface area contributed by atoms with E-state index in [9.17, 15) is 4.79 Å². The van der Waals surface area contributed by atoms with Crippen LogP contribution in [-0.4, -0.2) is 11.3 Å². The quantitative estimate of drug-likeness (QED) is 0.427. The van der Waals surface area contributed by atoms with Gasteiger partial charge in [-0.3, -0.25) is 0 Å². The number of hydrogen-bond donors (Lipinski definition) is 0. The number of carbonyl (C=O) groups is 1. The van der Waals surface area contributed by atoms with Crippen molar-refractivity contribution in [3.8, 4) is 0 Å². The summed E-state index contributed by atoms with van der Waals surface area (Å²) < 4.78 is 4.33. The van der Waals surface area contributed by atoms with Crippen molar-refractivity contribution in [3.63, 3.8) is 0 Å². The lowest BCUT2D eigenvalue weighted by Gasteiger charge is -1.89.